The van der Waals surface area contributed by atoms with E-state index in [4.69, 9.17) is 9.47 Å². The highest BCUT2D eigenvalue weighted by Gasteiger charge is 2.22. The Morgan fingerprint density at radius 3 is 2.97 bits per heavy atom. The number of carbonyl (C=O) groups is 1. The van der Waals surface area contributed by atoms with Gasteiger partial charge in [0.1, 0.15) is 17.5 Å². The highest BCUT2D eigenvalue weighted by molar-refractivity contribution is 7.18. The van der Waals surface area contributed by atoms with Crippen molar-refractivity contribution in [1.82, 2.24) is 14.9 Å². The van der Waals surface area contributed by atoms with E-state index >= 15 is 0 Å². The molecular weight excluding hydrogens is 402 g/mol. The molecule has 0 spiro atoms. The Balaban J connectivity index is 1.19. The summed E-state index contributed by atoms with van der Waals surface area (Å²) in [5.74, 6) is 1.28. The third-order valence-electron chi connectivity index (χ3n) is 5.62. The first-order valence-electron chi connectivity index (χ1n) is 10.3. The summed E-state index contributed by atoms with van der Waals surface area (Å²) < 4.78 is 13.1. The highest BCUT2D eigenvalue weighted by Crippen LogP contribution is 2.33. The van der Waals surface area contributed by atoms with Crippen LogP contribution < -0.4 is 20.3 Å². The van der Waals surface area contributed by atoms with Crippen molar-refractivity contribution in [2.45, 2.75) is 44.8 Å². The van der Waals surface area contributed by atoms with Crippen molar-refractivity contribution >= 4 is 27.5 Å². The van der Waals surface area contributed by atoms with Gasteiger partial charge in [-0.05, 0) is 43.4 Å². The number of amides is 1. The first-order chi connectivity index (χ1) is 14.7. The number of ether oxygens (including phenoxy) is 2. The Kier molecular flexibility index (Phi) is 5.16. The van der Waals surface area contributed by atoms with Gasteiger partial charge in [0.05, 0.1) is 18.3 Å². The quantitative estimate of drug-likeness (QED) is 0.680. The molecule has 0 fully saturated rings. The fraction of sp³-hybridized carbons (Fsp3) is 0.409. The predicted molar refractivity (Wildman–Crippen MR) is 115 cm³/mol. The molecular formula is C22H23N3O4S. The number of nitrogens with zero attached hydrogens (tertiary/aromatic N) is 2. The molecule has 0 radical (unpaired) electrons. The van der Waals surface area contributed by atoms with Gasteiger partial charge >= 0.3 is 0 Å². The van der Waals surface area contributed by atoms with Crippen molar-refractivity contribution in [3.05, 3.63) is 51.4 Å². The fourth-order valence-corrected chi connectivity index (χ4v) is 5.26. The Morgan fingerprint density at radius 2 is 2.07 bits per heavy atom. The van der Waals surface area contributed by atoms with E-state index in [2.05, 4.69) is 10.3 Å². The van der Waals surface area contributed by atoms with E-state index in [9.17, 15) is 9.59 Å². The van der Waals surface area contributed by atoms with E-state index in [1.54, 1.807) is 22.2 Å². The van der Waals surface area contributed by atoms with Crippen LogP contribution in [0.2, 0.25) is 0 Å². The molecule has 1 aromatic carbocycles. The molecule has 8 heteroatoms. The van der Waals surface area contributed by atoms with Gasteiger partial charge in [-0.3, -0.25) is 14.2 Å². The molecule has 1 N–H and O–H groups in total. The topological polar surface area (TPSA) is 82.5 Å². The Morgan fingerprint density at radius 1 is 1.23 bits per heavy atom. The maximum atomic E-state index is 13.0. The number of rotatable bonds is 5. The van der Waals surface area contributed by atoms with Crippen molar-refractivity contribution in [3.63, 3.8) is 0 Å². The van der Waals surface area contributed by atoms with Crippen LogP contribution in [0.5, 0.6) is 11.5 Å². The monoisotopic (exact) mass is 425 g/mol. The second-order valence-corrected chi connectivity index (χ2v) is 8.77. The average molecular weight is 426 g/mol. The minimum atomic E-state index is -0.234. The smallest absolute Gasteiger partial charge is 0.262 e. The van der Waals surface area contributed by atoms with E-state index in [1.165, 1.54) is 16.9 Å². The lowest BCUT2D eigenvalue weighted by Gasteiger charge is -2.26. The maximum Gasteiger partial charge on any atom is 0.262 e. The molecule has 3 aromatic rings. The van der Waals surface area contributed by atoms with E-state index in [-0.39, 0.29) is 24.0 Å². The van der Waals surface area contributed by atoms with Crippen LogP contribution in [-0.2, 0) is 24.2 Å². The SMILES string of the molecule is O=C(CCn1cnc2sc3c(c2c1=O)CCCC3)NC[C@@H]1COc2ccccc2O1. The zero-order valence-electron chi connectivity index (χ0n) is 16.6. The number of hydrogen-bond donors (Lipinski definition) is 1. The lowest BCUT2D eigenvalue weighted by atomic mass is 9.97. The van der Waals surface area contributed by atoms with E-state index in [0.717, 1.165) is 35.2 Å². The van der Waals surface area contributed by atoms with Crippen LogP contribution in [0.3, 0.4) is 0 Å². The number of benzene rings is 1. The molecule has 0 saturated heterocycles. The summed E-state index contributed by atoms with van der Waals surface area (Å²) in [7, 11) is 0. The molecule has 1 aliphatic carbocycles. The Labute approximate surface area is 177 Å². The van der Waals surface area contributed by atoms with Gasteiger partial charge in [0.2, 0.25) is 5.91 Å². The second-order valence-electron chi connectivity index (χ2n) is 7.69. The summed E-state index contributed by atoms with van der Waals surface area (Å²) in [6, 6.07) is 7.49. The molecule has 1 aliphatic heterocycles. The third-order valence-corrected chi connectivity index (χ3v) is 6.82. The van der Waals surface area contributed by atoms with Gasteiger partial charge in [0, 0.05) is 17.8 Å². The molecule has 156 valence electrons. The van der Waals surface area contributed by atoms with Gasteiger partial charge in [-0.1, -0.05) is 12.1 Å². The Bertz CT molecular complexity index is 1150. The summed E-state index contributed by atoms with van der Waals surface area (Å²) in [6.07, 6.45) is 5.82. The number of para-hydroxylation sites is 2. The molecule has 3 heterocycles. The second kappa shape index (κ2) is 8.10. The van der Waals surface area contributed by atoms with Gasteiger partial charge < -0.3 is 14.8 Å². The zero-order valence-corrected chi connectivity index (χ0v) is 17.4. The van der Waals surface area contributed by atoms with E-state index < -0.39 is 0 Å². The normalized spacial score (nSPS) is 17.5. The third kappa shape index (κ3) is 3.67. The number of fused-ring (bicyclic) bond motifs is 4. The number of thiophene rings is 1. The molecule has 5 rings (SSSR count). The lowest BCUT2D eigenvalue weighted by molar-refractivity contribution is -0.121. The van der Waals surface area contributed by atoms with Crippen molar-refractivity contribution in [2.24, 2.45) is 0 Å². The summed E-state index contributed by atoms with van der Waals surface area (Å²) >= 11 is 1.64. The van der Waals surface area contributed by atoms with Gasteiger partial charge in [0.15, 0.2) is 11.5 Å². The molecule has 2 aliphatic rings. The van der Waals surface area contributed by atoms with Gasteiger partial charge in [-0.2, -0.15) is 0 Å². The number of aromatic nitrogens is 2. The zero-order chi connectivity index (χ0) is 20.5. The van der Waals surface area contributed by atoms with Crippen LogP contribution in [0.1, 0.15) is 29.7 Å². The Hall–Kier alpha value is -2.87. The van der Waals surface area contributed by atoms with Crippen LogP contribution in [0.15, 0.2) is 35.4 Å². The predicted octanol–water partition coefficient (Wildman–Crippen LogP) is 2.68. The molecule has 2 aromatic heterocycles. The van der Waals surface area contributed by atoms with Crippen LogP contribution >= 0.6 is 11.3 Å². The summed E-state index contributed by atoms with van der Waals surface area (Å²) in [5.41, 5.74) is 1.14. The summed E-state index contributed by atoms with van der Waals surface area (Å²) in [5, 5.41) is 3.63. The number of nitrogens with one attached hydrogen (secondary N) is 1. The standard InChI is InChI=1S/C22H23N3O4S/c26-19(23-11-14-12-28-16-6-2-3-7-17(16)29-14)9-10-25-13-24-21-20(22(25)27)15-5-1-4-8-18(15)30-21/h2-3,6-7,13-14H,1,4-5,8-12H2,(H,23,26)/t14-/m1/s1. The largest absolute Gasteiger partial charge is 0.486 e. The molecule has 0 unspecified atom stereocenters. The first kappa shape index (κ1) is 19.1. The maximum absolute atomic E-state index is 13.0. The highest BCUT2D eigenvalue weighted by atomic mass is 32.1. The van der Waals surface area contributed by atoms with Crippen LogP contribution in [0.25, 0.3) is 10.2 Å². The number of carbonyl (C=O) groups excluding carboxylic acids is 1. The fourth-order valence-electron chi connectivity index (χ4n) is 4.04. The average Bonchev–Trinajstić information content (AvgIpc) is 3.16. The molecule has 1 atom stereocenters. The van der Waals surface area contributed by atoms with Crippen molar-refractivity contribution < 1.29 is 14.3 Å². The molecule has 30 heavy (non-hydrogen) atoms. The van der Waals surface area contributed by atoms with Crippen molar-refractivity contribution in [1.29, 1.82) is 0 Å². The minimum Gasteiger partial charge on any atom is -0.486 e. The molecule has 1 amide bonds. The van der Waals surface area contributed by atoms with Gasteiger partial charge in [-0.15, -0.1) is 11.3 Å². The molecule has 7 nitrogen and oxygen atoms in total. The molecule has 0 saturated carbocycles. The van der Waals surface area contributed by atoms with Crippen LogP contribution in [0.4, 0.5) is 0 Å². The summed E-state index contributed by atoms with van der Waals surface area (Å²) in [4.78, 5) is 31.9. The number of hydrogen-bond acceptors (Lipinski definition) is 6. The number of aryl methyl sites for hydroxylation is 3. The van der Waals surface area contributed by atoms with Gasteiger partial charge in [-0.25, -0.2) is 4.98 Å². The molecule has 0 bridgehead atoms. The first-order valence-corrected chi connectivity index (χ1v) is 11.2. The van der Waals surface area contributed by atoms with Crippen molar-refractivity contribution in [2.75, 3.05) is 13.2 Å². The van der Waals surface area contributed by atoms with Crippen molar-refractivity contribution in [3.8, 4) is 11.5 Å². The van der Waals surface area contributed by atoms with Gasteiger partial charge in [0.25, 0.3) is 5.56 Å². The van der Waals surface area contributed by atoms with E-state index in [1.807, 2.05) is 24.3 Å². The minimum absolute atomic E-state index is 0.0344. The van der Waals surface area contributed by atoms with E-state index in [0.29, 0.717) is 25.4 Å². The summed E-state index contributed by atoms with van der Waals surface area (Å²) in [6.45, 7) is 1.06. The van der Waals surface area contributed by atoms with Crippen LogP contribution in [-0.4, -0.2) is 34.7 Å². The lowest BCUT2D eigenvalue weighted by Crippen LogP contribution is -2.41. The van der Waals surface area contributed by atoms with Crippen LogP contribution in [0, 0.1) is 0 Å².